The standard InChI is InChI=1S/C16H9O7S2.3Na/c17-12-6-8-2-1-3-10-14(25(21,22)23)7-11-13(24(18,19)20)5-4-9(12)16(11)15(8)10;;;/h1,3-7,17H,(H,18,19,20)(H,21,22,23);;;/q-1;3*+1/p-2. The van der Waals surface area contributed by atoms with Crippen LogP contribution in [0.5, 0.6) is 5.75 Å². The maximum Gasteiger partial charge on any atom is 1.00 e. The number of phenols is 1. The number of aromatic hydroxyl groups is 1. The molecule has 0 aliphatic rings. The van der Waals surface area contributed by atoms with Gasteiger partial charge in [-0.25, -0.2) is 16.8 Å². The molecule has 0 aliphatic heterocycles. The molecule has 0 aliphatic carbocycles. The van der Waals surface area contributed by atoms with Crippen molar-refractivity contribution in [1.29, 1.82) is 0 Å². The van der Waals surface area contributed by atoms with Crippen molar-refractivity contribution >= 4 is 52.6 Å². The quantitative estimate of drug-likeness (QED) is 0.141. The Bertz CT molecular complexity index is 1400. The Balaban J connectivity index is 0.00000131. The van der Waals surface area contributed by atoms with Crippen LogP contribution in [-0.2, 0) is 20.2 Å². The Labute approximate surface area is 227 Å². The average Bonchev–Trinajstić information content (AvgIpc) is 2.50. The first-order chi connectivity index (χ1) is 11.6. The van der Waals surface area contributed by atoms with Crippen LogP contribution in [0, 0.1) is 6.07 Å². The van der Waals surface area contributed by atoms with Crippen molar-refractivity contribution < 1.29 is 120 Å². The van der Waals surface area contributed by atoms with Gasteiger partial charge in [-0.15, -0.1) is 23.6 Å². The van der Waals surface area contributed by atoms with E-state index in [1.54, 1.807) is 0 Å². The van der Waals surface area contributed by atoms with Gasteiger partial charge in [-0.2, -0.15) is 0 Å². The van der Waals surface area contributed by atoms with Crippen LogP contribution in [-0.4, -0.2) is 31.0 Å². The SMILES string of the molecule is O=S(=O)([O-])c1cc2c(S(=O)(=O)[O-])ccc3c(O)cc4[c-]ccc1c4c32.[Na+].[Na+].[Na+]. The zero-order valence-corrected chi connectivity index (χ0v) is 22.8. The van der Waals surface area contributed by atoms with Gasteiger partial charge in [0.2, 0.25) is 0 Å². The Morgan fingerprint density at radius 1 is 0.750 bits per heavy atom. The summed E-state index contributed by atoms with van der Waals surface area (Å²) < 4.78 is 69.7. The molecule has 0 aromatic heterocycles. The summed E-state index contributed by atoms with van der Waals surface area (Å²) >= 11 is 0. The summed E-state index contributed by atoms with van der Waals surface area (Å²) in [5, 5.41) is 11.0. The third kappa shape index (κ3) is 4.29. The Kier molecular flexibility index (Phi) is 8.50. The molecule has 4 aromatic rings. The van der Waals surface area contributed by atoms with Gasteiger partial charge in [-0.1, -0.05) is 22.9 Å². The van der Waals surface area contributed by atoms with E-state index in [2.05, 4.69) is 6.07 Å². The molecule has 4 aromatic carbocycles. The largest absolute Gasteiger partial charge is 1.00 e. The van der Waals surface area contributed by atoms with E-state index < -0.39 is 30.0 Å². The average molecular weight is 444 g/mol. The molecule has 0 unspecified atom stereocenters. The summed E-state index contributed by atoms with van der Waals surface area (Å²) in [5.74, 6) is -0.186. The second-order valence-electron chi connectivity index (χ2n) is 5.53. The summed E-state index contributed by atoms with van der Waals surface area (Å²) in [6.07, 6.45) is 0. The molecule has 0 fully saturated rings. The van der Waals surface area contributed by atoms with Crippen molar-refractivity contribution in [2.45, 2.75) is 9.79 Å². The zero-order valence-electron chi connectivity index (χ0n) is 15.2. The molecule has 128 valence electrons. The van der Waals surface area contributed by atoms with Crippen molar-refractivity contribution in [2.24, 2.45) is 0 Å². The predicted molar refractivity (Wildman–Crippen MR) is 86.6 cm³/mol. The molecule has 0 saturated carbocycles. The molecule has 0 amide bonds. The van der Waals surface area contributed by atoms with E-state index in [0.29, 0.717) is 5.39 Å². The first kappa shape index (κ1) is 26.6. The van der Waals surface area contributed by atoms with Crippen LogP contribution >= 0.6 is 0 Å². The van der Waals surface area contributed by atoms with Gasteiger partial charge in [0.05, 0.1) is 10.6 Å². The van der Waals surface area contributed by atoms with Crippen LogP contribution < -0.4 is 88.7 Å². The van der Waals surface area contributed by atoms with Gasteiger partial charge >= 0.3 is 88.7 Å². The van der Waals surface area contributed by atoms with Gasteiger partial charge in [0, 0.05) is 10.3 Å². The van der Waals surface area contributed by atoms with E-state index in [-0.39, 0.29) is 121 Å². The molecule has 0 heterocycles. The van der Waals surface area contributed by atoms with Crippen molar-refractivity contribution in [3.63, 3.8) is 0 Å². The minimum Gasteiger partial charge on any atom is -0.744 e. The Morgan fingerprint density at radius 3 is 1.93 bits per heavy atom. The van der Waals surface area contributed by atoms with Crippen LogP contribution in [0.3, 0.4) is 0 Å². The Morgan fingerprint density at radius 2 is 1.36 bits per heavy atom. The number of hydrogen-bond donors (Lipinski definition) is 1. The summed E-state index contributed by atoms with van der Waals surface area (Å²) in [5.41, 5.74) is 0. The zero-order chi connectivity index (χ0) is 18.1. The summed E-state index contributed by atoms with van der Waals surface area (Å²) in [6.45, 7) is 0. The summed E-state index contributed by atoms with van der Waals surface area (Å²) in [7, 11) is -9.89. The first-order valence-corrected chi connectivity index (χ1v) is 9.67. The van der Waals surface area contributed by atoms with Crippen LogP contribution in [0.15, 0.2) is 46.2 Å². The third-order valence-electron chi connectivity index (χ3n) is 4.12. The molecule has 7 nitrogen and oxygen atoms in total. The molecule has 0 atom stereocenters. The van der Waals surface area contributed by atoms with E-state index in [1.165, 1.54) is 24.3 Å². The number of benzene rings is 4. The molecule has 28 heavy (non-hydrogen) atoms. The van der Waals surface area contributed by atoms with Crippen LogP contribution in [0.2, 0.25) is 0 Å². The van der Waals surface area contributed by atoms with Gasteiger partial charge in [0.25, 0.3) is 0 Å². The fourth-order valence-electron chi connectivity index (χ4n) is 3.18. The molecule has 0 bridgehead atoms. The van der Waals surface area contributed by atoms with E-state index in [9.17, 15) is 31.0 Å². The van der Waals surface area contributed by atoms with Gasteiger partial charge in [0.15, 0.2) is 0 Å². The number of hydrogen-bond acceptors (Lipinski definition) is 7. The smallest absolute Gasteiger partial charge is 0.744 e. The minimum absolute atomic E-state index is 0. The summed E-state index contributed by atoms with van der Waals surface area (Å²) in [6, 6.07) is 10.0. The monoisotopic (exact) mass is 444 g/mol. The van der Waals surface area contributed by atoms with Crippen LogP contribution in [0.4, 0.5) is 0 Å². The van der Waals surface area contributed by atoms with E-state index >= 15 is 0 Å². The number of rotatable bonds is 2. The second-order valence-corrected chi connectivity index (χ2v) is 8.22. The van der Waals surface area contributed by atoms with Gasteiger partial charge in [-0.05, 0) is 22.9 Å². The number of phenolic OH excluding ortho intramolecular Hbond substituents is 1. The maximum absolute atomic E-state index is 11.7. The molecular formula is C16H7Na3O7S2. The van der Waals surface area contributed by atoms with Gasteiger partial charge in [0.1, 0.15) is 20.2 Å². The molecule has 12 heteroatoms. The van der Waals surface area contributed by atoms with Gasteiger partial charge < -0.3 is 14.2 Å². The van der Waals surface area contributed by atoms with Gasteiger partial charge in [-0.3, -0.25) is 0 Å². The van der Waals surface area contributed by atoms with E-state index in [0.717, 1.165) is 12.1 Å². The molecule has 1 N–H and O–H groups in total. The molecule has 0 spiro atoms. The maximum atomic E-state index is 11.7. The molecule has 4 rings (SSSR count). The minimum atomic E-state index is -4.95. The fraction of sp³-hybridized carbons (Fsp3) is 0. The normalized spacial score (nSPS) is 11.8. The van der Waals surface area contributed by atoms with Crippen LogP contribution in [0.1, 0.15) is 0 Å². The van der Waals surface area contributed by atoms with Crippen molar-refractivity contribution in [3.05, 3.63) is 42.5 Å². The topological polar surface area (TPSA) is 135 Å². The third-order valence-corrected chi connectivity index (χ3v) is 5.89. The fourth-order valence-corrected chi connectivity index (χ4v) is 4.55. The molecule has 0 saturated heterocycles. The van der Waals surface area contributed by atoms with E-state index in [1.807, 2.05) is 0 Å². The molecule has 0 radical (unpaired) electrons. The Hall–Kier alpha value is 0.540. The predicted octanol–water partition coefficient (Wildman–Crippen LogP) is -7.09. The van der Waals surface area contributed by atoms with E-state index in [4.69, 9.17) is 0 Å². The second kappa shape index (κ2) is 8.96. The molecular weight excluding hydrogens is 437 g/mol. The van der Waals surface area contributed by atoms with Crippen molar-refractivity contribution in [2.75, 3.05) is 0 Å². The van der Waals surface area contributed by atoms with Crippen molar-refractivity contribution in [1.82, 2.24) is 0 Å². The summed E-state index contributed by atoms with van der Waals surface area (Å²) in [4.78, 5) is -1.30. The van der Waals surface area contributed by atoms with Crippen molar-refractivity contribution in [3.8, 4) is 5.75 Å². The first-order valence-electron chi connectivity index (χ1n) is 6.86. The van der Waals surface area contributed by atoms with Crippen LogP contribution in [0.25, 0.3) is 32.3 Å².